The van der Waals surface area contributed by atoms with Crippen LogP contribution in [0, 0.1) is 0 Å². The highest BCUT2D eigenvalue weighted by Crippen LogP contribution is 2.15. The van der Waals surface area contributed by atoms with Crippen molar-refractivity contribution >= 4 is 11.8 Å². The minimum Gasteiger partial charge on any atom is -0.132 e. The fraction of sp³-hybridized carbons (Fsp3) is 0.800. The molecule has 0 saturated heterocycles. The summed E-state index contributed by atoms with van der Waals surface area (Å²) in [5.74, 6) is 1.20. The number of hydrogen-bond donors (Lipinski definition) is 0. The Hall–Kier alpha value is 0.0900. The highest BCUT2D eigenvalue weighted by molar-refractivity contribution is 8.03. The molecule has 0 N–H and O–H groups in total. The van der Waals surface area contributed by atoms with Gasteiger partial charge in [0.15, 0.2) is 0 Å². The molecule has 0 radical (unpaired) electrons. The molecule has 0 aliphatic carbocycles. The summed E-state index contributed by atoms with van der Waals surface area (Å²) in [6, 6.07) is 0. The first-order chi connectivity index (χ1) is 5.31. The number of allylic oxidation sites excluding steroid dienone is 2. The Balaban J connectivity index is 3.24. The molecule has 0 aliphatic heterocycles. The second kappa shape index (κ2) is 8.19. The maximum Gasteiger partial charge on any atom is -0.00519 e. The fourth-order valence-electron chi connectivity index (χ4n) is 0.986. The van der Waals surface area contributed by atoms with Gasteiger partial charge >= 0.3 is 0 Å². The first-order valence-electron chi connectivity index (χ1n) is 4.60. The molecule has 0 spiro atoms. The minimum absolute atomic E-state index is 1.20. The SMILES string of the molecule is CCCCC/C=C(\C)SCC. The third kappa shape index (κ3) is 7.99. The van der Waals surface area contributed by atoms with Crippen LogP contribution in [0.25, 0.3) is 0 Å². The van der Waals surface area contributed by atoms with Gasteiger partial charge in [0, 0.05) is 0 Å². The molecule has 0 aromatic rings. The highest BCUT2D eigenvalue weighted by atomic mass is 32.2. The third-order valence-corrected chi connectivity index (χ3v) is 2.52. The van der Waals surface area contributed by atoms with E-state index in [0.29, 0.717) is 0 Å². The molecular formula is C10H20S. The lowest BCUT2D eigenvalue weighted by molar-refractivity contribution is 0.728. The molecule has 1 heteroatoms. The zero-order valence-corrected chi connectivity index (χ0v) is 8.84. The second-order valence-electron chi connectivity index (χ2n) is 2.74. The standard InChI is InChI=1S/C10H20S/c1-4-6-7-8-9-10(3)11-5-2/h9H,4-8H2,1-3H3/b10-9+. The van der Waals surface area contributed by atoms with Gasteiger partial charge in [-0.25, -0.2) is 0 Å². The van der Waals surface area contributed by atoms with E-state index in [2.05, 4.69) is 26.8 Å². The Morgan fingerprint density at radius 3 is 2.55 bits per heavy atom. The van der Waals surface area contributed by atoms with Crippen molar-refractivity contribution in [1.29, 1.82) is 0 Å². The molecular weight excluding hydrogens is 152 g/mol. The first kappa shape index (κ1) is 11.1. The van der Waals surface area contributed by atoms with E-state index < -0.39 is 0 Å². The van der Waals surface area contributed by atoms with Gasteiger partial charge in [0.1, 0.15) is 0 Å². The summed E-state index contributed by atoms with van der Waals surface area (Å²) in [6.07, 6.45) is 7.70. The zero-order valence-electron chi connectivity index (χ0n) is 8.02. The number of hydrogen-bond acceptors (Lipinski definition) is 1. The van der Waals surface area contributed by atoms with Crippen molar-refractivity contribution in [2.45, 2.75) is 46.5 Å². The predicted molar refractivity (Wildman–Crippen MR) is 56.0 cm³/mol. The first-order valence-corrected chi connectivity index (χ1v) is 5.59. The van der Waals surface area contributed by atoms with Crippen LogP contribution in [0.4, 0.5) is 0 Å². The monoisotopic (exact) mass is 172 g/mol. The maximum absolute atomic E-state index is 2.36. The maximum atomic E-state index is 2.36. The highest BCUT2D eigenvalue weighted by Gasteiger charge is 1.87. The van der Waals surface area contributed by atoms with Crippen LogP contribution in [0.1, 0.15) is 46.5 Å². The molecule has 66 valence electrons. The van der Waals surface area contributed by atoms with Crippen LogP contribution in [0.15, 0.2) is 11.0 Å². The topological polar surface area (TPSA) is 0 Å². The van der Waals surface area contributed by atoms with Gasteiger partial charge in [0.05, 0.1) is 0 Å². The van der Waals surface area contributed by atoms with Gasteiger partial charge in [-0.2, -0.15) is 0 Å². The normalized spacial score (nSPS) is 12.1. The van der Waals surface area contributed by atoms with Crippen LogP contribution in [0.2, 0.25) is 0 Å². The van der Waals surface area contributed by atoms with Gasteiger partial charge in [-0.15, -0.1) is 11.8 Å². The Kier molecular flexibility index (Phi) is 8.26. The van der Waals surface area contributed by atoms with Crippen molar-refractivity contribution in [3.63, 3.8) is 0 Å². The van der Waals surface area contributed by atoms with E-state index in [9.17, 15) is 0 Å². The van der Waals surface area contributed by atoms with Gasteiger partial charge in [-0.05, 0) is 30.4 Å². The summed E-state index contributed by atoms with van der Waals surface area (Å²) in [6.45, 7) is 6.66. The molecule has 0 aromatic carbocycles. The molecule has 0 atom stereocenters. The summed E-state index contributed by atoms with van der Waals surface area (Å²) in [4.78, 5) is 1.49. The molecule has 0 aromatic heterocycles. The van der Waals surface area contributed by atoms with E-state index in [4.69, 9.17) is 0 Å². The van der Waals surface area contributed by atoms with Gasteiger partial charge in [-0.3, -0.25) is 0 Å². The van der Waals surface area contributed by atoms with Crippen molar-refractivity contribution in [3.8, 4) is 0 Å². The Bertz CT molecular complexity index is 105. The average molecular weight is 172 g/mol. The van der Waals surface area contributed by atoms with Gasteiger partial charge in [0.2, 0.25) is 0 Å². The van der Waals surface area contributed by atoms with E-state index in [1.165, 1.54) is 36.3 Å². The molecule has 0 unspecified atom stereocenters. The number of unbranched alkanes of at least 4 members (excludes halogenated alkanes) is 3. The molecule has 0 aliphatic rings. The molecule has 0 heterocycles. The van der Waals surface area contributed by atoms with Crippen molar-refractivity contribution in [2.24, 2.45) is 0 Å². The van der Waals surface area contributed by atoms with Crippen LogP contribution >= 0.6 is 11.8 Å². The second-order valence-corrected chi connectivity index (χ2v) is 4.25. The van der Waals surface area contributed by atoms with E-state index in [1.54, 1.807) is 0 Å². The van der Waals surface area contributed by atoms with Crippen molar-refractivity contribution < 1.29 is 0 Å². The molecule has 0 nitrogen and oxygen atoms in total. The van der Waals surface area contributed by atoms with Gasteiger partial charge < -0.3 is 0 Å². The summed E-state index contributed by atoms with van der Waals surface area (Å²) in [5, 5.41) is 0. The number of rotatable bonds is 6. The van der Waals surface area contributed by atoms with Crippen LogP contribution in [-0.2, 0) is 0 Å². The lowest BCUT2D eigenvalue weighted by Gasteiger charge is -1.97. The molecule has 11 heavy (non-hydrogen) atoms. The van der Waals surface area contributed by atoms with Crippen molar-refractivity contribution in [2.75, 3.05) is 5.75 Å². The van der Waals surface area contributed by atoms with E-state index >= 15 is 0 Å². The lowest BCUT2D eigenvalue weighted by Crippen LogP contribution is -1.74. The largest absolute Gasteiger partial charge is 0.132 e. The minimum atomic E-state index is 1.20. The molecule has 0 amide bonds. The smallest absolute Gasteiger partial charge is 0.00519 e. The molecule has 0 bridgehead atoms. The Morgan fingerprint density at radius 1 is 1.27 bits per heavy atom. The third-order valence-electron chi connectivity index (χ3n) is 1.61. The fourth-order valence-corrected chi connectivity index (χ4v) is 1.68. The van der Waals surface area contributed by atoms with Crippen LogP contribution in [0.5, 0.6) is 0 Å². The van der Waals surface area contributed by atoms with Crippen molar-refractivity contribution in [3.05, 3.63) is 11.0 Å². The lowest BCUT2D eigenvalue weighted by atomic mass is 10.2. The molecule has 0 saturated carbocycles. The molecule has 0 fully saturated rings. The van der Waals surface area contributed by atoms with E-state index in [0.717, 1.165) is 0 Å². The van der Waals surface area contributed by atoms with Crippen LogP contribution < -0.4 is 0 Å². The van der Waals surface area contributed by atoms with Crippen LogP contribution in [0.3, 0.4) is 0 Å². The Labute approximate surface area is 75.5 Å². The summed E-state index contributed by atoms with van der Waals surface area (Å²) in [5.41, 5.74) is 0. The average Bonchev–Trinajstić information content (AvgIpc) is 1.99. The van der Waals surface area contributed by atoms with Gasteiger partial charge in [-0.1, -0.05) is 32.8 Å². The predicted octanol–water partition coefficient (Wildman–Crippen LogP) is 4.22. The zero-order chi connectivity index (χ0) is 8.53. The summed E-state index contributed by atoms with van der Waals surface area (Å²) >= 11 is 1.95. The number of thioether (sulfide) groups is 1. The van der Waals surface area contributed by atoms with E-state index in [1.807, 2.05) is 11.8 Å². The summed E-state index contributed by atoms with van der Waals surface area (Å²) in [7, 11) is 0. The van der Waals surface area contributed by atoms with Gasteiger partial charge in [0.25, 0.3) is 0 Å². The quantitative estimate of drug-likeness (QED) is 0.540. The Morgan fingerprint density at radius 2 is 2.00 bits per heavy atom. The summed E-state index contributed by atoms with van der Waals surface area (Å²) < 4.78 is 0. The molecule has 0 rings (SSSR count). The van der Waals surface area contributed by atoms with Crippen LogP contribution in [-0.4, -0.2) is 5.75 Å². The van der Waals surface area contributed by atoms with E-state index in [-0.39, 0.29) is 0 Å². The van der Waals surface area contributed by atoms with Crippen molar-refractivity contribution in [1.82, 2.24) is 0 Å².